The summed E-state index contributed by atoms with van der Waals surface area (Å²) in [5.41, 5.74) is 0. The Labute approximate surface area is 140 Å². The number of nitrogens with one attached hydrogen (secondary N) is 2. The van der Waals surface area contributed by atoms with Crippen LogP contribution in [0.2, 0.25) is 5.02 Å². The van der Waals surface area contributed by atoms with Gasteiger partial charge in [0.1, 0.15) is 11.6 Å². The van der Waals surface area contributed by atoms with Crippen LogP contribution >= 0.6 is 11.6 Å². The second-order valence-electron chi connectivity index (χ2n) is 5.37. The van der Waals surface area contributed by atoms with Crippen LogP contribution in [0.3, 0.4) is 0 Å². The van der Waals surface area contributed by atoms with E-state index >= 15 is 0 Å². The Morgan fingerprint density at radius 3 is 2.39 bits per heavy atom. The fourth-order valence-electron chi connectivity index (χ4n) is 1.66. The Bertz CT molecular complexity index is 630. The monoisotopic (exact) mass is 334 g/mol. The standard InChI is InChI=1S/C16H19ClN4O2/c1-11(2)9-18-14-7-8-15(21-20-14)19-16(22)10-23-13-5-3-12(17)4-6-13/h3-8,11H,9-10H2,1-2H3,(H,18,20)(H,19,21,22). The Balaban J connectivity index is 1.79. The Hall–Kier alpha value is -2.34. The van der Waals surface area contributed by atoms with E-state index in [1.54, 1.807) is 36.4 Å². The lowest BCUT2D eigenvalue weighted by Crippen LogP contribution is -2.21. The molecule has 2 rings (SSSR count). The zero-order valence-corrected chi connectivity index (χ0v) is 13.8. The number of carbonyl (C=O) groups excluding carboxylic acids is 1. The van der Waals surface area contributed by atoms with E-state index in [9.17, 15) is 4.79 Å². The summed E-state index contributed by atoms with van der Waals surface area (Å²) in [6.45, 7) is 4.91. The number of halogens is 1. The van der Waals surface area contributed by atoms with Crippen molar-refractivity contribution < 1.29 is 9.53 Å². The third-order valence-electron chi connectivity index (χ3n) is 2.81. The number of hydrogen-bond acceptors (Lipinski definition) is 5. The van der Waals surface area contributed by atoms with Crippen LogP contribution in [0.4, 0.5) is 11.6 Å². The van der Waals surface area contributed by atoms with Gasteiger partial charge in [0.05, 0.1) is 0 Å². The highest BCUT2D eigenvalue weighted by Crippen LogP contribution is 2.15. The van der Waals surface area contributed by atoms with Gasteiger partial charge in [-0.2, -0.15) is 0 Å². The normalized spacial score (nSPS) is 10.4. The minimum absolute atomic E-state index is 0.114. The van der Waals surface area contributed by atoms with E-state index in [0.29, 0.717) is 28.3 Å². The van der Waals surface area contributed by atoms with Crippen molar-refractivity contribution in [3.8, 4) is 5.75 Å². The minimum Gasteiger partial charge on any atom is -0.484 e. The van der Waals surface area contributed by atoms with Crippen LogP contribution in [-0.2, 0) is 4.79 Å². The van der Waals surface area contributed by atoms with Crippen molar-refractivity contribution in [1.82, 2.24) is 10.2 Å². The molecule has 0 bridgehead atoms. The van der Waals surface area contributed by atoms with E-state index in [0.717, 1.165) is 6.54 Å². The second kappa shape index (κ2) is 8.33. The average Bonchev–Trinajstić information content (AvgIpc) is 2.53. The third-order valence-corrected chi connectivity index (χ3v) is 3.06. The molecular weight excluding hydrogens is 316 g/mol. The lowest BCUT2D eigenvalue weighted by atomic mass is 10.2. The van der Waals surface area contributed by atoms with Gasteiger partial charge in [0.25, 0.3) is 5.91 Å². The number of anilines is 2. The molecule has 0 aliphatic heterocycles. The first-order chi connectivity index (χ1) is 11.0. The number of carbonyl (C=O) groups is 1. The van der Waals surface area contributed by atoms with E-state index in [1.165, 1.54) is 0 Å². The first-order valence-electron chi connectivity index (χ1n) is 7.29. The fraction of sp³-hybridized carbons (Fsp3) is 0.312. The van der Waals surface area contributed by atoms with Crippen molar-refractivity contribution in [1.29, 1.82) is 0 Å². The van der Waals surface area contributed by atoms with Gasteiger partial charge in [0, 0.05) is 11.6 Å². The first kappa shape index (κ1) is 17.0. The maximum Gasteiger partial charge on any atom is 0.263 e. The maximum atomic E-state index is 11.8. The van der Waals surface area contributed by atoms with Crippen molar-refractivity contribution in [2.75, 3.05) is 23.8 Å². The van der Waals surface area contributed by atoms with Gasteiger partial charge >= 0.3 is 0 Å². The van der Waals surface area contributed by atoms with Crippen LogP contribution in [0, 0.1) is 5.92 Å². The molecule has 7 heteroatoms. The highest BCUT2D eigenvalue weighted by atomic mass is 35.5. The summed E-state index contributed by atoms with van der Waals surface area (Å²) in [4.78, 5) is 11.8. The van der Waals surface area contributed by atoms with Crippen LogP contribution in [0.1, 0.15) is 13.8 Å². The van der Waals surface area contributed by atoms with Crippen LogP contribution in [-0.4, -0.2) is 29.3 Å². The van der Waals surface area contributed by atoms with Crippen LogP contribution in [0.15, 0.2) is 36.4 Å². The van der Waals surface area contributed by atoms with E-state index < -0.39 is 0 Å². The summed E-state index contributed by atoms with van der Waals surface area (Å²) in [5, 5.41) is 14.3. The second-order valence-corrected chi connectivity index (χ2v) is 5.81. The molecule has 0 aliphatic carbocycles. The lowest BCUT2D eigenvalue weighted by Gasteiger charge is -2.09. The van der Waals surface area contributed by atoms with E-state index in [4.69, 9.17) is 16.3 Å². The highest BCUT2D eigenvalue weighted by Gasteiger charge is 2.06. The fourth-order valence-corrected chi connectivity index (χ4v) is 1.79. The van der Waals surface area contributed by atoms with Crippen LogP contribution in [0.25, 0.3) is 0 Å². The van der Waals surface area contributed by atoms with Gasteiger partial charge in [-0.05, 0) is 42.3 Å². The number of rotatable bonds is 7. The van der Waals surface area contributed by atoms with Gasteiger partial charge in [0.2, 0.25) is 0 Å². The molecule has 122 valence electrons. The Morgan fingerprint density at radius 2 is 1.78 bits per heavy atom. The third kappa shape index (κ3) is 6.12. The van der Waals surface area contributed by atoms with Gasteiger partial charge < -0.3 is 15.4 Å². The molecule has 0 atom stereocenters. The quantitative estimate of drug-likeness (QED) is 0.813. The van der Waals surface area contributed by atoms with Gasteiger partial charge in [-0.1, -0.05) is 25.4 Å². The summed E-state index contributed by atoms with van der Waals surface area (Å²) < 4.78 is 5.35. The lowest BCUT2D eigenvalue weighted by molar-refractivity contribution is -0.118. The first-order valence-corrected chi connectivity index (χ1v) is 7.66. The van der Waals surface area contributed by atoms with Crippen molar-refractivity contribution in [3.63, 3.8) is 0 Å². The Morgan fingerprint density at radius 1 is 1.13 bits per heavy atom. The summed E-state index contributed by atoms with van der Waals surface area (Å²) in [5.74, 6) is 1.83. The van der Waals surface area contributed by atoms with E-state index in [2.05, 4.69) is 34.7 Å². The molecule has 1 amide bonds. The van der Waals surface area contributed by atoms with E-state index in [-0.39, 0.29) is 12.5 Å². The smallest absolute Gasteiger partial charge is 0.263 e. The van der Waals surface area contributed by atoms with Crippen molar-refractivity contribution in [2.45, 2.75) is 13.8 Å². The number of amides is 1. The zero-order valence-electron chi connectivity index (χ0n) is 13.0. The van der Waals surface area contributed by atoms with Gasteiger partial charge in [0.15, 0.2) is 12.4 Å². The molecule has 0 aliphatic rings. The van der Waals surface area contributed by atoms with Gasteiger partial charge in [-0.25, -0.2) is 0 Å². The number of ether oxygens (including phenoxy) is 1. The Kier molecular flexibility index (Phi) is 6.17. The van der Waals surface area contributed by atoms with Crippen LogP contribution < -0.4 is 15.4 Å². The largest absolute Gasteiger partial charge is 0.484 e. The molecule has 0 fully saturated rings. The molecule has 6 nitrogen and oxygen atoms in total. The molecule has 0 radical (unpaired) electrons. The zero-order chi connectivity index (χ0) is 16.7. The van der Waals surface area contributed by atoms with Crippen molar-refractivity contribution in [2.24, 2.45) is 5.92 Å². The number of nitrogens with zero attached hydrogens (tertiary/aromatic N) is 2. The minimum atomic E-state index is -0.308. The van der Waals surface area contributed by atoms with Crippen molar-refractivity contribution >= 4 is 29.1 Å². The molecule has 1 aromatic heterocycles. The topological polar surface area (TPSA) is 76.1 Å². The van der Waals surface area contributed by atoms with Gasteiger partial charge in [-0.15, -0.1) is 10.2 Å². The molecule has 2 N–H and O–H groups in total. The number of benzene rings is 1. The summed E-state index contributed by atoms with van der Waals surface area (Å²) in [6, 6.07) is 10.3. The number of hydrogen-bond donors (Lipinski definition) is 2. The molecule has 0 saturated heterocycles. The highest BCUT2D eigenvalue weighted by molar-refractivity contribution is 6.30. The summed E-state index contributed by atoms with van der Waals surface area (Å²) >= 11 is 5.78. The summed E-state index contributed by atoms with van der Waals surface area (Å²) in [6.07, 6.45) is 0. The molecular formula is C16H19ClN4O2. The predicted molar refractivity (Wildman–Crippen MR) is 90.9 cm³/mol. The molecule has 1 heterocycles. The molecule has 0 unspecified atom stereocenters. The molecule has 23 heavy (non-hydrogen) atoms. The predicted octanol–water partition coefficient (Wildman–Crippen LogP) is 3.22. The van der Waals surface area contributed by atoms with Crippen molar-refractivity contribution in [3.05, 3.63) is 41.4 Å². The summed E-state index contributed by atoms with van der Waals surface area (Å²) in [7, 11) is 0. The van der Waals surface area contributed by atoms with E-state index in [1.807, 2.05) is 0 Å². The maximum absolute atomic E-state index is 11.8. The molecule has 2 aromatic rings. The average molecular weight is 335 g/mol. The number of aromatic nitrogens is 2. The van der Waals surface area contributed by atoms with Crippen LogP contribution in [0.5, 0.6) is 5.75 Å². The molecule has 0 spiro atoms. The van der Waals surface area contributed by atoms with Gasteiger partial charge in [-0.3, -0.25) is 4.79 Å². The molecule has 1 aromatic carbocycles. The molecule has 0 saturated carbocycles. The SMILES string of the molecule is CC(C)CNc1ccc(NC(=O)COc2ccc(Cl)cc2)nn1.